The Kier molecular flexibility index (Phi) is 7.15. The number of thiocarbonyl (C=S) groups is 1. The van der Waals surface area contributed by atoms with Gasteiger partial charge in [0.1, 0.15) is 22.9 Å². The van der Waals surface area contributed by atoms with E-state index in [0.717, 1.165) is 10.9 Å². The van der Waals surface area contributed by atoms with Gasteiger partial charge in [-0.2, -0.15) is 0 Å². The van der Waals surface area contributed by atoms with Crippen molar-refractivity contribution in [1.29, 1.82) is 0 Å². The van der Waals surface area contributed by atoms with Crippen LogP contribution in [0.25, 0.3) is 39.5 Å². The zero-order valence-corrected chi connectivity index (χ0v) is 21.1. The molecule has 0 aliphatic heterocycles. The quantitative estimate of drug-likeness (QED) is 0.155. The number of hydrogen-bond donors (Lipinski definition) is 2. The Labute approximate surface area is 223 Å². The number of hydrogen-bond acceptors (Lipinski definition) is 6. The monoisotopic (exact) mass is 522 g/mol. The highest BCUT2D eigenvalue weighted by atomic mass is 32.1. The van der Waals surface area contributed by atoms with E-state index in [1.165, 1.54) is 13.2 Å². The Morgan fingerprint density at radius 3 is 2.50 bits per heavy atom. The van der Waals surface area contributed by atoms with Crippen LogP contribution in [0.2, 0.25) is 0 Å². The topological polar surface area (TPSA) is 93.7 Å². The minimum atomic E-state index is -0.464. The second-order valence-corrected chi connectivity index (χ2v) is 8.65. The Hall–Kier alpha value is -4.95. The molecule has 8 heteroatoms. The average molecular weight is 523 g/mol. The van der Waals surface area contributed by atoms with Gasteiger partial charge in [0.05, 0.1) is 18.4 Å². The highest BCUT2D eigenvalue weighted by Crippen LogP contribution is 2.30. The van der Waals surface area contributed by atoms with Gasteiger partial charge in [-0.3, -0.25) is 10.1 Å². The zero-order chi connectivity index (χ0) is 26.5. The summed E-state index contributed by atoms with van der Waals surface area (Å²) in [6, 6.07) is 27.5. The van der Waals surface area contributed by atoms with Crippen LogP contribution in [0.15, 0.2) is 111 Å². The highest BCUT2D eigenvalue weighted by Gasteiger charge is 2.13. The standard InChI is InChI=1S/C30H22N2O5S/c1-35-27-14-11-20(23-17-21-9-5-6-10-25(21)37-29(23)34)18-24(27)31-30(38)32-28(33)16-13-22-12-15-26(36-22)19-7-3-2-4-8-19/h2-18H,1H3,(H2,31,32,33,38)/b16-13+. The van der Waals surface area contributed by atoms with Crippen molar-refractivity contribution < 1.29 is 18.4 Å². The molecule has 0 radical (unpaired) electrons. The van der Waals surface area contributed by atoms with Crippen molar-refractivity contribution in [3.63, 3.8) is 0 Å². The molecule has 0 fully saturated rings. The molecule has 2 heterocycles. The summed E-state index contributed by atoms with van der Waals surface area (Å²) in [5, 5.41) is 6.43. The third-order valence-electron chi connectivity index (χ3n) is 5.72. The molecule has 188 valence electrons. The van der Waals surface area contributed by atoms with Gasteiger partial charge in [-0.15, -0.1) is 0 Å². The highest BCUT2D eigenvalue weighted by molar-refractivity contribution is 7.80. The van der Waals surface area contributed by atoms with Crippen LogP contribution < -0.4 is 21.0 Å². The minimum Gasteiger partial charge on any atom is -0.495 e. The maximum Gasteiger partial charge on any atom is 0.344 e. The predicted octanol–water partition coefficient (Wildman–Crippen LogP) is 6.26. The first-order chi connectivity index (χ1) is 18.5. The number of fused-ring (bicyclic) bond motifs is 1. The molecule has 2 aromatic heterocycles. The SMILES string of the molecule is COc1ccc(-c2cc3ccccc3oc2=O)cc1NC(=S)NC(=O)/C=C/c1ccc(-c2ccccc2)o1. The van der Waals surface area contributed by atoms with Crippen molar-refractivity contribution in [3.8, 4) is 28.2 Å². The second-order valence-electron chi connectivity index (χ2n) is 8.25. The van der Waals surface area contributed by atoms with Gasteiger partial charge < -0.3 is 18.9 Å². The van der Waals surface area contributed by atoms with Gasteiger partial charge >= 0.3 is 5.63 Å². The van der Waals surface area contributed by atoms with E-state index in [-0.39, 0.29) is 5.11 Å². The number of furan rings is 1. The van der Waals surface area contributed by atoms with Crippen LogP contribution >= 0.6 is 12.2 Å². The fourth-order valence-electron chi connectivity index (χ4n) is 3.90. The van der Waals surface area contributed by atoms with Crippen LogP contribution in [0.3, 0.4) is 0 Å². The maximum absolute atomic E-state index is 12.6. The maximum atomic E-state index is 12.6. The van der Waals surface area contributed by atoms with E-state index in [1.54, 1.807) is 48.5 Å². The Bertz CT molecular complexity index is 1720. The van der Waals surface area contributed by atoms with E-state index in [1.807, 2.05) is 48.5 Å². The molecule has 0 saturated carbocycles. The summed E-state index contributed by atoms with van der Waals surface area (Å²) < 4.78 is 16.7. The molecule has 0 atom stereocenters. The molecule has 0 unspecified atom stereocenters. The number of rotatable bonds is 6. The van der Waals surface area contributed by atoms with Crippen LogP contribution in [0.4, 0.5) is 5.69 Å². The Balaban J connectivity index is 1.29. The van der Waals surface area contributed by atoms with Crippen molar-refractivity contribution in [3.05, 3.63) is 113 Å². The molecule has 38 heavy (non-hydrogen) atoms. The van der Waals surface area contributed by atoms with Gasteiger partial charge in [-0.25, -0.2) is 4.79 Å². The van der Waals surface area contributed by atoms with Crippen molar-refractivity contribution in [2.75, 3.05) is 12.4 Å². The average Bonchev–Trinajstić information content (AvgIpc) is 3.41. The summed E-state index contributed by atoms with van der Waals surface area (Å²) in [5.41, 5.74) is 2.46. The van der Waals surface area contributed by atoms with E-state index in [9.17, 15) is 9.59 Å². The number of nitrogens with one attached hydrogen (secondary N) is 2. The molecule has 5 aromatic rings. The number of anilines is 1. The van der Waals surface area contributed by atoms with Gasteiger partial charge in [0.2, 0.25) is 5.91 Å². The largest absolute Gasteiger partial charge is 0.495 e. The number of amides is 1. The normalized spacial score (nSPS) is 11.0. The first-order valence-corrected chi connectivity index (χ1v) is 12.1. The van der Waals surface area contributed by atoms with Crippen LogP contribution in [0, 0.1) is 0 Å². The van der Waals surface area contributed by atoms with Crippen molar-refractivity contribution in [2.24, 2.45) is 0 Å². The zero-order valence-electron chi connectivity index (χ0n) is 20.3. The van der Waals surface area contributed by atoms with Crippen LogP contribution in [0.1, 0.15) is 5.76 Å². The summed E-state index contributed by atoms with van der Waals surface area (Å²) in [7, 11) is 1.52. The van der Waals surface area contributed by atoms with E-state index in [0.29, 0.717) is 39.7 Å². The summed E-state index contributed by atoms with van der Waals surface area (Å²) in [6.45, 7) is 0. The van der Waals surface area contributed by atoms with E-state index in [4.69, 9.17) is 25.8 Å². The molecule has 5 rings (SSSR count). The second kappa shape index (κ2) is 11.0. The Morgan fingerprint density at radius 2 is 1.68 bits per heavy atom. The van der Waals surface area contributed by atoms with Crippen molar-refractivity contribution in [1.82, 2.24) is 5.32 Å². The number of ether oxygens (including phenoxy) is 1. The Morgan fingerprint density at radius 1 is 0.895 bits per heavy atom. The fourth-order valence-corrected chi connectivity index (χ4v) is 4.11. The molecule has 7 nitrogen and oxygen atoms in total. The molecule has 0 aliphatic carbocycles. The predicted molar refractivity (Wildman–Crippen MR) is 152 cm³/mol. The molecule has 2 N–H and O–H groups in total. The molecule has 1 amide bonds. The van der Waals surface area contributed by atoms with Gasteiger partial charge in [-0.05, 0) is 60.3 Å². The molecular formula is C30H22N2O5S. The summed E-state index contributed by atoms with van der Waals surface area (Å²) in [4.78, 5) is 25.1. The molecule has 0 bridgehead atoms. The van der Waals surface area contributed by atoms with Gasteiger partial charge in [-0.1, -0.05) is 54.6 Å². The van der Waals surface area contributed by atoms with Gasteiger partial charge in [0.25, 0.3) is 0 Å². The number of benzene rings is 3. The van der Waals surface area contributed by atoms with Crippen LogP contribution in [0.5, 0.6) is 5.75 Å². The number of carbonyl (C=O) groups is 1. The lowest BCUT2D eigenvalue weighted by molar-refractivity contribution is -0.115. The third kappa shape index (κ3) is 5.55. The van der Waals surface area contributed by atoms with Gasteiger partial charge in [0.15, 0.2) is 5.11 Å². The molecular weight excluding hydrogens is 500 g/mol. The van der Waals surface area contributed by atoms with E-state index in [2.05, 4.69) is 10.6 Å². The number of carbonyl (C=O) groups excluding carboxylic acids is 1. The molecule has 0 aliphatic rings. The van der Waals surface area contributed by atoms with Crippen LogP contribution in [-0.2, 0) is 4.79 Å². The minimum absolute atomic E-state index is 0.0602. The fraction of sp³-hybridized carbons (Fsp3) is 0.0333. The summed E-state index contributed by atoms with van der Waals surface area (Å²) in [5.74, 6) is 1.28. The lowest BCUT2D eigenvalue weighted by Crippen LogP contribution is -2.32. The van der Waals surface area contributed by atoms with Gasteiger partial charge in [0, 0.05) is 17.0 Å². The molecule has 0 spiro atoms. The molecule has 0 saturated heterocycles. The first kappa shape index (κ1) is 24.7. The van der Waals surface area contributed by atoms with Crippen LogP contribution in [-0.4, -0.2) is 18.1 Å². The number of methoxy groups -OCH3 is 1. The smallest absolute Gasteiger partial charge is 0.344 e. The third-order valence-corrected chi connectivity index (χ3v) is 5.93. The summed E-state index contributed by atoms with van der Waals surface area (Å²) in [6.07, 6.45) is 2.89. The van der Waals surface area contributed by atoms with E-state index < -0.39 is 11.5 Å². The lowest BCUT2D eigenvalue weighted by Gasteiger charge is -2.14. The van der Waals surface area contributed by atoms with E-state index >= 15 is 0 Å². The lowest BCUT2D eigenvalue weighted by atomic mass is 10.0. The van der Waals surface area contributed by atoms with Crippen molar-refractivity contribution in [2.45, 2.75) is 0 Å². The molecule has 3 aromatic carbocycles. The van der Waals surface area contributed by atoms with Crippen molar-refractivity contribution >= 4 is 46.0 Å². The summed E-state index contributed by atoms with van der Waals surface area (Å²) >= 11 is 5.33. The first-order valence-electron chi connectivity index (χ1n) is 11.7. The number of para-hydroxylation sites is 1.